The Hall–Kier alpha value is -2.00. The predicted octanol–water partition coefficient (Wildman–Crippen LogP) is 1.81. The van der Waals surface area contributed by atoms with Gasteiger partial charge in [0, 0.05) is 4.91 Å². The number of rotatable bonds is 2. The SMILES string of the molecule is [N-]=[N+]=NC(N)=NCc1ccccc1. The summed E-state index contributed by atoms with van der Waals surface area (Å²) in [6.45, 7) is 0.436. The molecule has 66 valence electrons. The van der Waals surface area contributed by atoms with Crippen LogP contribution in [0.2, 0.25) is 0 Å². The lowest BCUT2D eigenvalue weighted by Gasteiger charge is -1.94. The molecule has 0 bridgehead atoms. The van der Waals surface area contributed by atoms with Gasteiger partial charge in [0.15, 0.2) is 5.96 Å². The van der Waals surface area contributed by atoms with Crippen molar-refractivity contribution in [2.75, 3.05) is 0 Å². The quantitative estimate of drug-likeness (QED) is 0.240. The van der Waals surface area contributed by atoms with Crippen molar-refractivity contribution in [3.63, 3.8) is 0 Å². The number of azide groups is 1. The van der Waals surface area contributed by atoms with E-state index in [4.69, 9.17) is 11.3 Å². The second-order valence-corrected chi connectivity index (χ2v) is 2.35. The van der Waals surface area contributed by atoms with Crippen molar-refractivity contribution < 1.29 is 0 Å². The average Bonchev–Trinajstić information content (AvgIpc) is 2.17. The summed E-state index contributed by atoms with van der Waals surface area (Å²) in [7, 11) is 0. The molecule has 0 fully saturated rings. The molecule has 5 nitrogen and oxygen atoms in total. The highest BCUT2D eigenvalue weighted by molar-refractivity contribution is 5.78. The van der Waals surface area contributed by atoms with Crippen molar-refractivity contribution in [3.8, 4) is 0 Å². The largest absolute Gasteiger partial charge is 0.382 e. The minimum atomic E-state index is -0.0358. The minimum absolute atomic E-state index is 0.0358. The Morgan fingerprint density at radius 2 is 2.08 bits per heavy atom. The Kier molecular flexibility index (Phi) is 3.35. The van der Waals surface area contributed by atoms with Crippen LogP contribution in [0.1, 0.15) is 5.56 Å². The first kappa shape index (κ1) is 9.09. The van der Waals surface area contributed by atoms with Gasteiger partial charge in [-0.25, -0.2) is 0 Å². The molecule has 0 aliphatic rings. The minimum Gasteiger partial charge on any atom is -0.382 e. The summed E-state index contributed by atoms with van der Waals surface area (Å²) in [5.74, 6) is -0.0358. The fourth-order valence-corrected chi connectivity index (χ4v) is 0.833. The fourth-order valence-electron chi connectivity index (χ4n) is 0.833. The number of guanidine groups is 1. The van der Waals surface area contributed by atoms with E-state index in [2.05, 4.69) is 15.0 Å². The maximum Gasteiger partial charge on any atom is 0.183 e. The fraction of sp³-hybridized carbons (Fsp3) is 0.125. The monoisotopic (exact) mass is 175 g/mol. The van der Waals surface area contributed by atoms with Gasteiger partial charge in [-0.2, -0.15) is 0 Å². The third-order valence-corrected chi connectivity index (χ3v) is 1.41. The first-order chi connectivity index (χ1) is 6.33. The zero-order chi connectivity index (χ0) is 9.52. The van der Waals surface area contributed by atoms with Crippen LogP contribution < -0.4 is 5.73 Å². The molecule has 0 aliphatic carbocycles. The number of hydrogen-bond acceptors (Lipinski definition) is 1. The molecule has 0 unspecified atom stereocenters. The lowest BCUT2D eigenvalue weighted by molar-refractivity contribution is 1.05. The van der Waals surface area contributed by atoms with Gasteiger partial charge in [-0.1, -0.05) is 30.3 Å². The smallest absolute Gasteiger partial charge is 0.183 e. The molecule has 0 aliphatic heterocycles. The lowest BCUT2D eigenvalue weighted by Crippen LogP contribution is -2.06. The lowest BCUT2D eigenvalue weighted by atomic mass is 10.2. The number of nitrogens with two attached hydrogens (primary N) is 1. The molecule has 0 radical (unpaired) electrons. The molecule has 0 saturated heterocycles. The summed E-state index contributed by atoms with van der Waals surface area (Å²) in [4.78, 5) is 6.38. The van der Waals surface area contributed by atoms with Gasteiger partial charge in [-0.05, 0) is 16.2 Å². The molecule has 1 aromatic carbocycles. The van der Waals surface area contributed by atoms with E-state index in [1.165, 1.54) is 0 Å². The Morgan fingerprint density at radius 1 is 1.38 bits per heavy atom. The van der Waals surface area contributed by atoms with Gasteiger partial charge in [-0.3, -0.25) is 4.99 Å². The molecule has 0 heterocycles. The van der Waals surface area contributed by atoms with Crippen LogP contribution >= 0.6 is 0 Å². The first-order valence-electron chi connectivity index (χ1n) is 3.72. The molecule has 2 N–H and O–H groups in total. The van der Waals surface area contributed by atoms with Crippen molar-refractivity contribution in [3.05, 3.63) is 46.3 Å². The normalized spacial score (nSPS) is 10.6. The summed E-state index contributed by atoms with van der Waals surface area (Å²) >= 11 is 0. The number of hydrogen-bond donors (Lipinski definition) is 1. The Labute approximate surface area is 75.5 Å². The van der Waals surface area contributed by atoms with Crippen molar-refractivity contribution in [1.29, 1.82) is 0 Å². The van der Waals surface area contributed by atoms with E-state index in [9.17, 15) is 0 Å². The van der Waals surface area contributed by atoms with Crippen molar-refractivity contribution in [1.82, 2.24) is 0 Å². The first-order valence-corrected chi connectivity index (χ1v) is 3.72. The van der Waals surface area contributed by atoms with Crippen LogP contribution in [0, 0.1) is 0 Å². The van der Waals surface area contributed by atoms with Crippen LogP contribution in [-0.4, -0.2) is 5.96 Å². The van der Waals surface area contributed by atoms with Crippen LogP contribution in [0.3, 0.4) is 0 Å². The van der Waals surface area contributed by atoms with Gasteiger partial charge in [-0.15, -0.1) is 0 Å². The van der Waals surface area contributed by atoms with E-state index >= 15 is 0 Å². The summed E-state index contributed by atoms with van der Waals surface area (Å²) in [6.07, 6.45) is 0. The molecule has 0 amide bonds. The van der Waals surface area contributed by atoms with Crippen LogP contribution in [-0.2, 0) is 6.54 Å². The van der Waals surface area contributed by atoms with Gasteiger partial charge in [0.2, 0.25) is 0 Å². The third kappa shape index (κ3) is 3.27. The summed E-state index contributed by atoms with van der Waals surface area (Å²) < 4.78 is 0. The molecular formula is C8H9N5. The van der Waals surface area contributed by atoms with Crippen LogP contribution in [0.5, 0.6) is 0 Å². The third-order valence-electron chi connectivity index (χ3n) is 1.41. The molecular weight excluding hydrogens is 166 g/mol. The van der Waals surface area contributed by atoms with Crippen LogP contribution in [0.15, 0.2) is 40.4 Å². The molecule has 1 aromatic rings. The summed E-state index contributed by atoms with van der Waals surface area (Å²) in [6, 6.07) is 9.59. The highest BCUT2D eigenvalue weighted by atomic mass is 15.2. The Balaban J connectivity index is 2.61. The second-order valence-electron chi connectivity index (χ2n) is 2.35. The van der Waals surface area contributed by atoms with Crippen LogP contribution in [0.4, 0.5) is 0 Å². The Bertz CT molecular complexity index is 337. The van der Waals surface area contributed by atoms with Gasteiger partial charge in [0.1, 0.15) is 0 Å². The zero-order valence-corrected chi connectivity index (χ0v) is 6.96. The van der Waals surface area contributed by atoms with E-state index in [0.717, 1.165) is 5.56 Å². The van der Waals surface area contributed by atoms with E-state index < -0.39 is 0 Å². The average molecular weight is 175 g/mol. The zero-order valence-electron chi connectivity index (χ0n) is 6.96. The molecule has 0 aromatic heterocycles. The maximum absolute atomic E-state index is 8.03. The Morgan fingerprint density at radius 3 is 2.69 bits per heavy atom. The number of aliphatic imine (C=N–C) groups is 1. The predicted molar refractivity (Wildman–Crippen MR) is 50.9 cm³/mol. The highest BCUT2D eigenvalue weighted by Gasteiger charge is 1.88. The molecule has 0 spiro atoms. The standard InChI is InChI=1S/C8H9N5/c9-8(12-13-10)11-6-7-4-2-1-3-5-7/h1-5H,6H2,(H2,9,11). The van der Waals surface area contributed by atoms with E-state index in [0.29, 0.717) is 6.54 Å². The number of benzene rings is 1. The maximum atomic E-state index is 8.03. The molecule has 1 rings (SSSR count). The van der Waals surface area contributed by atoms with Gasteiger partial charge >= 0.3 is 0 Å². The van der Waals surface area contributed by atoms with E-state index in [1.54, 1.807) is 0 Å². The molecule has 0 atom stereocenters. The van der Waals surface area contributed by atoms with E-state index in [-0.39, 0.29) is 5.96 Å². The number of nitrogens with zero attached hydrogens (tertiary/aromatic N) is 4. The van der Waals surface area contributed by atoms with Crippen LogP contribution in [0.25, 0.3) is 10.4 Å². The molecule has 5 heteroatoms. The van der Waals surface area contributed by atoms with Crippen molar-refractivity contribution in [2.45, 2.75) is 6.54 Å². The van der Waals surface area contributed by atoms with E-state index in [1.807, 2.05) is 30.3 Å². The van der Waals surface area contributed by atoms with Gasteiger partial charge in [0.25, 0.3) is 0 Å². The van der Waals surface area contributed by atoms with Crippen molar-refractivity contribution in [2.24, 2.45) is 15.8 Å². The highest BCUT2D eigenvalue weighted by Crippen LogP contribution is 1.99. The summed E-state index contributed by atoms with van der Waals surface area (Å²) in [5.41, 5.74) is 14.3. The molecule has 13 heavy (non-hydrogen) atoms. The van der Waals surface area contributed by atoms with Gasteiger partial charge < -0.3 is 5.73 Å². The van der Waals surface area contributed by atoms with Gasteiger partial charge in [0.05, 0.1) is 6.54 Å². The topological polar surface area (TPSA) is 87.1 Å². The second kappa shape index (κ2) is 4.79. The summed E-state index contributed by atoms with van der Waals surface area (Å²) in [5, 5.41) is 3.15. The van der Waals surface area contributed by atoms with Crippen molar-refractivity contribution >= 4 is 5.96 Å². The molecule has 0 saturated carbocycles.